The molecule has 0 spiro atoms. The Kier molecular flexibility index (Phi) is 7.68. The van der Waals surface area contributed by atoms with Crippen molar-refractivity contribution in [1.82, 2.24) is 20.4 Å². The molecule has 0 aliphatic carbocycles. The molecule has 1 fully saturated rings. The molecule has 2 aromatic carbocycles. The molecule has 1 heterocycles. The Hall–Kier alpha value is -2.44. The number of hydrogen-bond acceptors (Lipinski definition) is 4. The van der Waals surface area contributed by atoms with E-state index in [2.05, 4.69) is 44.7 Å². The number of carbonyl (C=O) groups is 2. The highest BCUT2D eigenvalue weighted by Crippen LogP contribution is 2.24. The third-order valence-electron chi connectivity index (χ3n) is 5.60. The molecule has 0 saturated carbocycles. The molecule has 1 atom stereocenters. The van der Waals surface area contributed by atoms with Crippen LogP contribution in [-0.4, -0.2) is 66.4 Å². The Morgan fingerprint density at radius 1 is 0.903 bits per heavy atom. The molecule has 0 bridgehead atoms. The molecule has 3 rings (SSSR count). The van der Waals surface area contributed by atoms with Crippen LogP contribution in [0.1, 0.15) is 45.7 Å². The first-order chi connectivity index (χ1) is 14.7. The molecule has 168 valence electrons. The van der Waals surface area contributed by atoms with Crippen LogP contribution in [0.25, 0.3) is 10.8 Å². The average Bonchev–Trinajstić information content (AvgIpc) is 2.91. The van der Waals surface area contributed by atoms with Gasteiger partial charge in [-0.1, -0.05) is 42.5 Å². The summed E-state index contributed by atoms with van der Waals surface area (Å²) in [6, 6.07) is 14.4. The number of hydrogen-bond donors (Lipinski definition) is 2. The van der Waals surface area contributed by atoms with Crippen LogP contribution < -0.4 is 10.6 Å². The minimum atomic E-state index is -0.214. The number of nitrogens with one attached hydrogen (secondary N) is 2. The van der Waals surface area contributed by atoms with Gasteiger partial charge in [-0.25, -0.2) is 0 Å². The fraction of sp³-hybridized carbons (Fsp3) is 0.520. The molecule has 2 amide bonds. The summed E-state index contributed by atoms with van der Waals surface area (Å²) < 4.78 is 0. The molecular weight excluding hydrogens is 388 g/mol. The van der Waals surface area contributed by atoms with E-state index in [0.717, 1.165) is 38.2 Å². The quantitative estimate of drug-likeness (QED) is 0.748. The van der Waals surface area contributed by atoms with E-state index in [-0.39, 0.29) is 23.4 Å². The van der Waals surface area contributed by atoms with Gasteiger partial charge in [0.15, 0.2) is 0 Å². The predicted molar refractivity (Wildman–Crippen MR) is 126 cm³/mol. The van der Waals surface area contributed by atoms with E-state index in [1.54, 1.807) is 0 Å². The molecule has 6 nitrogen and oxygen atoms in total. The molecule has 2 aromatic rings. The van der Waals surface area contributed by atoms with Crippen LogP contribution in [0.3, 0.4) is 0 Å². The van der Waals surface area contributed by atoms with Crippen LogP contribution in [0.4, 0.5) is 0 Å². The van der Waals surface area contributed by atoms with Crippen molar-refractivity contribution in [2.75, 3.05) is 39.3 Å². The van der Waals surface area contributed by atoms with E-state index in [4.69, 9.17) is 0 Å². The highest BCUT2D eigenvalue weighted by molar-refractivity contribution is 5.87. The Balaban J connectivity index is 1.50. The van der Waals surface area contributed by atoms with Crippen LogP contribution in [0.5, 0.6) is 0 Å². The first-order valence-electron chi connectivity index (χ1n) is 11.2. The van der Waals surface area contributed by atoms with Crippen molar-refractivity contribution in [3.8, 4) is 0 Å². The van der Waals surface area contributed by atoms with Gasteiger partial charge >= 0.3 is 0 Å². The Labute approximate surface area is 186 Å². The summed E-state index contributed by atoms with van der Waals surface area (Å²) in [7, 11) is 0. The van der Waals surface area contributed by atoms with Gasteiger partial charge in [-0.3, -0.25) is 19.4 Å². The van der Waals surface area contributed by atoms with Crippen molar-refractivity contribution in [3.05, 3.63) is 48.0 Å². The zero-order chi connectivity index (χ0) is 22.4. The lowest BCUT2D eigenvalue weighted by atomic mass is 10.00. The summed E-state index contributed by atoms with van der Waals surface area (Å²) in [6.07, 6.45) is 0.953. The Morgan fingerprint density at radius 2 is 1.52 bits per heavy atom. The fourth-order valence-electron chi connectivity index (χ4n) is 4.20. The first-order valence-corrected chi connectivity index (χ1v) is 11.2. The number of benzene rings is 2. The molecule has 1 aliphatic rings. The second-order valence-electron chi connectivity index (χ2n) is 9.56. The third-order valence-corrected chi connectivity index (χ3v) is 5.60. The summed E-state index contributed by atoms with van der Waals surface area (Å²) in [4.78, 5) is 29.3. The molecule has 2 N–H and O–H groups in total. The predicted octanol–water partition coefficient (Wildman–Crippen LogP) is 2.94. The zero-order valence-electron chi connectivity index (χ0n) is 19.3. The molecule has 0 unspecified atom stereocenters. The Bertz CT molecular complexity index is 901. The monoisotopic (exact) mass is 424 g/mol. The number of nitrogens with zero attached hydrogens (tertiary/aromatic N) is 2. The average molecular weight is 425 g/mol. The smallest absolute Gasteiger partial charge is 0.234 e. The van der Waals surface area contributed by atoms with Crippen LogP contribution in [0.2, 0.25) is 0 Å². The number of amides is 2. The summed E-state index contributed by atoms with van der Waals surface area (Å²) in [5.41, 5.74) is 0.923. The van der Waals surface area contributed by atoms with Crippen LogP contribution >= 0.6 is 0 Å². The van der Waals surface area contributed by atoms with Gasteiger partial charge in [-0.15, -0.1) is 0 Å². The molecule has 0 aromatic heterocycles. The fourth-order valence-corrected chi connectivity index (χ4v) is 4.20. The van der Waals surface area contributed by atoms with Gasteiger partial charge in [-0.05, 0) is 63.5 Å². The normalized spacial score (nSPS) is 17.2. The van der Waals surface area contributed by atoms with Crippen molar-refractivity contribution in [2.24, 2.45) is 0 Å². The molecule has 31 heavy (non-hydrogen) atoms. The maximum atomic E-state index is 12.7. The second-order valence-corrected chi connectivity index (χ2v) is 9.56. The van der Waals surface area contributed by atoms with E-state index in [1.165, 1.54) is 10.8 Å². The standard InChI is InChI=1S/C25H36N4O2/c1-19(21-12-7-10-20-9-5-6-11-22(20)21)26-23(30)17-28-13-8-14-29(16-15-28)18-24(31)27-25(2,3)4/h5-7,9-12,19H,8,13-18H2,1-4H3,(H,26,30)(H,27,31)/t19-/m0/s1. The van der Waals surface area contributed by atoms with Gasteiger partial charge in [0.25, 0.3) is 0 Å². The van der Waals surface area contributed by atoms with Crippen molar-refractivity contribution in [2.45, 2.75) is 45.7 Å². The zero-order valence-corrected chi connectivity index (χ0v) is 19.3. The maximum Gasteiger partial charge on any atom is 0.234 e. The van der Waals surface area contributed by atoms with E-state index < -0.39 is 0 Å². The van der Waals surface area contributed by atoms with E-state index >= 15 is 0 Å². The van der Waals surface area contributed by atoms with Gasteiger partial charge < -0.3 is 10.6 Å². The molecular formula is C25H36N4O2. The largest absolute Gasteiger partial charge is 0.350 e. The number of rotatable bonds is 6. The molecule has 6 heteroatoms. The number of carbonyl (C=O) groups excluding carboxylic acids is 2. The second kappa shape index (κ2) is 10.2. The minimum Gasteiger partial charge on any atom is -0.350 e. The van der Waals surface area contributed by atoms with Gasteiger partial charge in [0.2, 0.25) is 11.8 Å². The summed E-state index contributed by atoms with van der Waals surface area (Å²) in [5, 5.41) is 8.55. The SMILES string of the molecule is C[C@H](NC(=O)CN1CCCN(CC(=O)NC(C)(C)C)CC1)c1cccc2ccccc12. The number of fused-ring (bicyclic) bond motifs is 1. The summed E-state index contributed by atoms with van der Waals surface area (Å²) >= 11 is 0. The molecule has 1 saturated heterocycles. The van der Waals surface area contributed by atoms with Crippen LogP contribution in [-0.2, 0) is 9.59 Å². The van der Waals surface area contributed by atoms with E-state index in [9.17, 15) is 9.59 Å². The van der Waals surface area contributed by atoms with Crippen molar-refractivity contribution in [3.63, 3.8) is 0 Å². The van der Waals surface area contributed by atoms with Crippen molar-refractivity contribution in [1.29, 1.82) is 0 Å². The van der Waals surface area contributed by atoms with Gasteiger partial charge in [-0.2, -0.15) is 0 Å². The van der Waals surface area contributed by atoms with Gasteiger partial charge in [0.1, 0.15) is 0 Å². The lowest BCUT2D eigenvalue weighted by Crippen LogP contribution is -2.46. The van der Waals surface area contributed by atoms with Gasteiger partial charge in [0, 0.05) is 18.6 Å². The molecule has 0 radical (unpaired) electrons. The lowest BCUT2D eigenvalue weighted by molar-refractivity contribution is -0.124. The highest BCUT2D eigenvalue weighted by Gasteiger charge is 2.21. The highest BCUT2D eigenvalue weighted by atomic mass is 16.2. The van der Waals surface area contributed by atoms with Crippen molar-refractivity contribution >= 4 is 22.6 Å². The van der Waals surface area contributed by atoms with E-state index in [1.807, 2.05) is 45.9 Å². The lowest BCUT2D eigenvalue weighted by Gasteiger charge is -2.25. The van der Waals surface area contributed by atoms with Crippen molar-refractivity contribution < 1.29 is 9.59 Å². The van der Waals surface area contributed by atoms with Crippen LogP contribution in [0.15, 0.2) is 42.5 Å². The molecule has 1 aliphatic heterocycles. The summed E-state index contributed by atoms with van der Waals surface area (Å²) in [5.74, 6) is 0.0990. The maximum absolute atomic E-state index is 12.7. The van der Waals surface area contributed by atoms with Gasteiger partial charge in [0.05, 0.1) is 19.1 Å². The summed E-state index contributed by atoms with van der Waals surface area (Å²) in [6.45, 7) is 12.1. The third kappa shape index (κ3) is 7.04. The topological polar surface area (TPSA) is 64.7 Å². The first kappa shape index (κ1) is 23.2. The van der Waals surface area contributed by atoms with Crippen LogP contribution in [0, 0.1) is 0 Å². The minimum absolute atomic E-state index is 0.0411. The van der Waals surface area contributed by atoms with E-state index in [0.29, 0.717) is 13.1 Å². The Morgan fingerprint density at radius 3 is 2.19 bits per heavy atom.